The molecule has 0 saturated carbocycles. The molecule has 0 aromatic rings. The van der Waals surface area contributed by atoms with E-state index in [0.29, 0.717) is 0 Å². The molecule has 0 fully saturated rings. The molecule has 0 aliphatic carbocycles. The van der Waals surface area contributed by atoms with E-state index < -0.39 is 7.10 Å². The Labute approximate surface area is 42.4 Å². The molecule has 6 heavy (non-hydrogen) atoms. The molecule has 1 N–H and O–H groups in total. The summed E-state index contributed by atoms with van der Waals surface area (Å²) in [4.78, 5) is 0. The van der Waals surface area contributed by atoms with Gasteiger partial charge in [0, 0.05) is 16.0 Å². The van der Waals surface area contributed by atoms with Gasteiger partial charge in [-0.25, -0.2) is 0 Å². The molecule has 0 aromatic heterocycles. The monoisotopic (exact) mass is 124 g/mol. The van der Waals surface area contributed by atoms with Crippen LogP contribution in [-0.4, -0.2) is 20.4 Å². The molecule has 0 radical (unpaired) electrons. The molecule has 38 valence electrons. The molecule has 0 amide bonds. The Kier molecular flexibility index (Phi) is 2.51. The average Bonchev–Trinajstić information content (AvgIpc) is 1.35. The molecule has 0 rings (SSSR count). The van der Waals surface area contributed by atoms with E-state index in [2.05, 4.69) is 27.3 Å². The van der Waals surface area contributed by atoms with Crippen LogP contribution in [0.4, 0.5) is 0 Å². The third-order valence-corrected chi connectivity index (χ3v) is 2.50. The maximum atomic E-state index is 3.18. The molecule has 0 aliphatic heterocycles. The lowest BCUT2D eigenvalue weighted by Crippen LogP contribution is -1.99. The van der Waals surface area contributed by atoms with Gasteiger partial charge in [0.05, 0.1) is 20.4 Å². The van der Waals surface area contributed by atoms with E-state index in [1.807, 2.05) is 7.05 Å². The summed E-state index contributed by atoms with van der Waals surface area (Å²) in [6.45, 7) is 4.41. The van der Waals surface area contributed by atoms with Crippen LogP contribution >= 0.6 is 16.0 Å². The molecular weight excluding hydrogens is 112 g/mol. The molecule has 3 heteroatoms. The highest BCUT2D eigenvalue weighted by atomic mass is 32.1. The van der Waals surface area contributed by atoms with Crippen LogP contribution in [0.5, 0.6) is 0 Å². The maximum absolute atomic E-state index is 3.18. The highest BCUT2D eigenvalue weighted by Gasteiger charge is 2.11. The van der Waals surface area contributed by atoms with E-state index in [0.717, 1.165) is 0 Å². The Morgan fingerprint density at radius 2 is 1.67 bits per heavy atom. The first-order valence-electron chi connectivity index (χ1n) is 1.88. The van der Waals surface area contributed by atoms with Crippen LogP contribution in [0.3, 0.4) is 0 Å². The summed E-state index contributed by atoms with van der Waals surface area (Å²) in [5, 5.41) is 3.18. The van der Waals surface area contributed by atoms with Crippen molar-refractivity contribution < 1.29 is 0 Å². The van der Waals surface area contributed by atoms with E-state index in [9.17, 15) is 0 Å². The van der Waals surface area contributed by atoms with Crippen molar-refractivity contribution in [1.29, 1.82) is 0 Å². The fourth-order valence-corrected chi connectivity index (χ4v) is 0. The van der Waals surface area contributed by atoms with Gasteiger partial charge in [-0.15, -0.1) is 0 Å². The SMILES string of the molecule is CN[P+](C)(C)P. The summed E-state index contributed by atoms with van der Waals surface area (Å²) < 4.78 is 0. The van der Waals surface area contributed by atoms with Gasteiger partial charge in [0.2, 0.25) is 0 Å². The Morgan fingerprint density at radius 3 is 1.67 bits per heavy atom. The molecule has 0 heterocycles. The lowest BCUT2D eigenvalue weighted by molar-refractivity contribution is 1.26. The zero-order valence-corrected chi connectivity index (χ0v) is 6.57. The van der Waals surface area contributed by atoms with Crippen molar-refractivity contribution >= 4 is 16.0 Å². The molecule has 0 aromatic carbocycles. The van der Waals surface area contributed by atoms with Gasteiger partial charge >= 0.3 is 0 Å². The summed E-state index contributed by atoms with van der Waals surface area (Å²) in [5.74, 6) is 0. The molecule has 0 aliphatic rings. The van der Waals surface area contributed by atoms with Crippen molar-refractivity contribution in [2.24, 2.45) is 0 Å². The van der Waals surface area contributed by atoms with Crippen molar-refractivity contribution in [3.63, 3.8) is 0 Å². The van der Waals surface area contributed by atoms with Gasteiger partial charge in [0.15, 0.2) is 0 Å². The summed E-state index contributed by atoms with van der Waals surface area (Å²) in [6.07, 6.45) is 0. The van der Waals surface area contributed by atoms with E-state index in [4.69, 9.17) is 0 Å². The van der Waals surface area contributed by atoms with Crippen molar-refractivity contribution in [2.75, 3.05) is 20.4 Å². The van der Waals surface area contributed by atoms with E-state index in [1.165, 1.54) is 0 Å². The van der Waals surface area contributed by atoms with Crippen LogP contribution in [0, 0.1) is 0 Å². The predicted molar refractivity (Wildman–Crippen MR) is 37.5 cm³/mol. The molecule has 1 atom stereocenters. The summed E-state index contributed by atoms with van der Waals surface area (Å²) in [5.41, 5.74) is 0. The van der Waals surface area contributed by atoms with Gasteiger partial charge in [-0.2, -0.15) is 5.09 Å². The van der Waals surface area contributed by atoms with Crippen molar-refractivity contribution in [3.8, 4) is 0 Å². The maximum Gasteiger partial charge on any atom is 0.0860 e. The fourth-order valence-electron chi connectivity index (χ4n) is 0. The van der Waals surface area contributed by atoms with Gasteiger partial charge < -0.3 is 0 Å². The Morgan fingerprint density at radius 1 is 1.50 bits per heavy atom. The fraction of sp³-hybridized carbons (Fsp3) is 1.00. The number of hydrogen-bond acceptors (Lipinski definition) is 1. The van der Waals surface area contributed by atoms with E-state index in [1.54, 1.807) is 0 Å². The first-order chi connectivity index (χ1) is 2.56. The minimum absolute atomic E-state index is 0.730. The largest absolute Gasteiger partial charge is 0.194 e. The minimum Gasteiger partial charge on any atom is -0.194 e. The highest BCUT2D eigenvalue weighted by Crippen LogP contribution is 2.54. The lowest BCUT2D eigenvalue weighted by atomic mass is 11.6. The van der Waals surface area contributed by atoms with Crippen LogP contribution in [-0.2, 0) is 0 Å². The quantitative estimate of drug-likeness (QED) is 0.517. The molecule has 1 nitrogen and oxygen atoms in total. The van der Waals surface area contributed by atoms with Gasteiger partial charge in [-0.1, -0.05) is 0 Å². The highest BCUT2D eigenvalue weighted by molar-refractivity contribution is 8.22. The third kappa shape index (κ3) is 4.82. The summed E-state index contributed by atoms with van der Waals surface area (Å²) in [7, 11) is 4.05. The van der Waals surface area contributed by atoms with Crippen molar-refractivity contribution in [3.05, 3.63) is 0 Å². The van der Waals surface area contributed by atoms with Crippen LogP contribution in [0.15, 0.2) is 0 Å². The predicted octanol–water partition coefficient (Wildman–Crippen LogP) is 1.19. The smallest absolute Gasteiger partial charge is 0.0860 e. The zero-order chi connectivity index (χ0) is 5.21. The first kappa shape index (κ1) is 6.82. The van der Waals surface area contributed by atoms with Crippen molar-refractivity contribution in [1.82, 2.24) is 5.09 Å². The standard InChI is InChI=1S/C3H12NP2/c1-4-6(2,3)5/h4H,5H2,1-3H3/q+1. The number of hydrogen-bond donors (Lipinski definition) is 1. The second-order valence-electron chi connectivity index (χ2n) is 1.76. The number of rotatable bonds is 1. The summed E-state index contributed by atoms with van der Waals surface area (Å²) >= 11 is 0. The third-order valence-electron chi connectivity index (χ3n) is 0.576. The van der Waals surface area contributed by atoms with Crippen LogP contribution in [0.2, 0.25) is 0 Å². The molecule has 1 unspecified atom stereocenters. The van der Waals surface area contributed by atoms with Crippen LogP contribution in [0.25, 0.3) is 0 Å². The average molecular weight is 124 g/mol. The molecule has 0 spiro atoms. The Bertz CT molecular complexity index is 38.5. The summed E-state index contributed by atoms with van der Waals surface area (Å²) in [6, 6.07) is 0. The van der Waals surface area contributed by atoms with E-state index >= 15 is 0 Å². The van der Waals surface area contributed by atoms with Gasteiger partial charge in [0.1, 0.15) is 0 Å². The van der Waals surface area contributed by atoms with Crippen LogP contribution in [0.1, 0.15) is 0 Å². The first-order valence-corrected chi connectivity index (χ1v) is 6.18. The second-order valence-corrected chi connectivity index (χ2v) is 9.16. The molecular formula is C3H12NP2+. The molecule has 0 saturated heterocycles. The van der Waals surface area contributed by atoms with Crippen molar-refractivity contribution in [2.45, 2.75) is 0 Å². The van der Waals surface area contributed by atoms with Gasteiger partial charge in [0.25, 0.3) is 0 Å². The van der Waals surface area contributed by atoms with Gasteiger partial charge in [-0.05, 0) is 0 Å². The topological polar surface area (TPSA) is 12.0 Å². The minimum atomic E-state index is -0.730. The van der Waals surface area contributed by atoms with Crippen LogP contribution < -0.4 is 5.09 Å². The second kappa shape index (κ2) is 2.21. The van der Waals surface area contributed by atoms with Gasteiger partial charge in [-0.3, -0.25) is 0 Å². The number of nitrogens with one attached hydrogen (secondary N) is 1. The Balaban J connectivity index is 3.17. The zero-order valence-electron chi connectivity index (χ0n) is 4.52. The molecule has 0 bridgehead atoms. The van der Waals surface area contributed by atoms with E-state index in [-0.39, 0.29) is 0 Å². The lowest BCUT2D eigenvalue weighted by Gasteiger charge is -2.06. The Hall–Kier alpha value is 0.820. The normalized spacial score (nSPS) is 12.0.